The van der Waals surface area contributed by atoms with Crippen LogP contribution in [-0.2, 0) is 10.9 Å². The van der Waals surface area contributed by atoms with Crippen molar-refractivity contribution in [2.75, 3.05) is 32.7 Å². The van der Waals surface area contributed by atoms with Crippen LogP contribution in [0.5, 0.6) is 0 Å². The zero-order valence-electron chi connectivity index (χ0n) is 15.3. The van der Waals surface area contributed by atoms with Crippen molar-refractivity contribution in [2.24, 2.45) is 5.73 Å². The van der Waals surface area contributed by atoms with Crippen LogP contribution in [0.4, 0.5) is 18.0 Å². The van der Waals surface area contributed by atoms with Gasteiger partial charge in [-0.3, -0.25) is 4.90 Å². The Balaban J connectivity index is 1.84. The summed E-state index contributed by atoms with van der Waals surface area (Å²) in [6.45, 7) is 8.36. The minimum absolute atomic E-state index is 0.329. The number of amides is 1. The van der Waals surface area contributed by atoms with Gasteiger partial charge < -0.3 is 15.4 Å². The first-order valence-electron chi connectivity index (χ1n) is 8.59. The maximum Gasteiger partial charge on any atom is 0.416 e. The van der Waals surface area contributed by atoms with Gasteiger partial charge in [-0.15, -0.1) is 0 Å². The molecule has 1 saturated heterocycles. The summed E-state index contributed by atoms with van der Waals surface area (Å²) in [6, 6.07) is 4.56. The topological polar surface area (TPSA) is 58.8 Å². The highest BCUT2D eigenvalue weighted by Crippen LogP contribution is 2.29. The van der Waals surface area contributed by atoms with E-state index in [4.69, 9.17) is 10.5 Å². The van der Waals surface area contributed by atoms with Gasteiger partial charge in [-0.05, 0) is 38.5 Å². The van der Waals surface area contributed by atoms with Gasteiger partial charge in [0.25, 0.3) is 0 Å². The van der Waals surface area contributed by atoms with Crippen LogP contribution in [0, 0.1) is 0 Å². The molecule has 1 amide bonds. The Morgan fingerprint density at radius 1 is 1.12 bits per heavy atom. The standard InChI is InChI=1S/C18H26F3N3O2/c1-17(2,3)26-16(25)24-10-8-23(9-11-24)12-15(22)13-4-6-14(7-5-13)18(19,20)21/h4-7,15H,8-12,22H2,1-3H3. The Bertz CT molecular complexity index is 604. The van der Waals surface area contributed by atoms with Gasteiger partial charge in [-0.25, -0.2) is 4.79 Å². The quantitative estimate of drug-likeness (QED) is 0.884. The van der Waals surface area contributed by atoms with Crippen molar-refractivity contribution in [3.05, 3.63) is 35.4 Å². The zero-order chi connectivity index (χ0) is 19.5. The number of ether oxygens (including phenoxy) is 1. The van der Waals surface area contributed by atoms with Gasteiger partial charge in [0.05, 0.1) is 5.56 Å². The second-order valence-electron chi connectivity index (χ2n) is 7.49. The molecule has 0 spiro atoms. The molecule has 0 radical (unpaired) electrons. The zero-order valence-corrected chi connectivity index (χ0v) is 15.3. The molecular formula is C18H26F3N3O2. The molecule has 2 N–H and O–H groups in total. The van der Waals surface area contributed by atoms with E-state index in [1.54, 1.807) is 4.90 Å². The third kappa shape index (κ3) is 5.88. The Kier molecular flexibility index (Phi) is 6.18. The Labute approximate surface area is 151 Å². The smallest absolute Gasteiger partial charge is 0.416 e. The lowest BCUT2D eigenvalue weighted by atomic mass is 10.0. The van der Waals surface area contributed by atoms with Crippen LogP contribution >= 0.6 is 0 Å². The summed E-state index contributed by atoms with van der Waals surface area (Å²) >= 11 is 0. The van der Waals surface area contributed by atoms with E-state index in [-0.39, 0.29) is 12.1 Å². The highest BCUT2D eigenvalue weighted by molar-refractivity contribution is 5.68. The molecule has 1 heterocycles. The van der Waals surface area contributed by atoms with Gasteiger partial charge in [0.15, 0.2) is 0 Å². The molecular weight excluding hydrogens is 347 g/mol. The normalized spacial score (nSPS) is 17.9. The Morgan fingerprint density at radius 2 is 1.65 bits per heavy atom. The van der Waals surface area contributed by atoms with E-state index >= 15 is 0 Å². The van der Waals surface area contributed by atoms with E-state index in [1.165, 1.54) is 12.1 Å². The van der Waals surface area contributed by atoms with Crippen molar-refractivity contribution in [1.29, 1.82) is 0 Å². The van der Waals surface area contributed by atoms with E-state index in [0.29, 0.717) is 38.3 Å². The molecule has 1 atom stereocenters. The van der Waals surface area contributed by atoms with Crippen LogP contribution in [-0.4, -0.2) is 54.2 Å². The number of piperazine rings is 1. The van der Waals surface area contributed by atoms with Gasteiger partial charge in [-0.2, -0.15) is 13.2 Å². The lowest BCUT2D eigenvalue weighted by Gasteiger charge is -2.36. The maximum absolute atomic E-state index is 12.6. The first-order valence-corrected chi connectivity index (χ1v) is 8.59. The van der Waals surface area contributed by atoms with Crippen LogP contribution in [0.2, 0.25) is 0 Å². The maximum atomic E-state index is 12.6. The second kappa shape index (κ2) is 7.84. The number of halogens is 3. The monoisotopic (exact) mass is 373 g/mol. The number of nitrogens with two attached hydrogens (primary N) is 1. The van der Waals surface area contributed by atoms with Gasteiger partial charge in [0.2, 0.25) is 0 Å². The minimum atomic E-state index is -4.35. The number of carbonyl (C=O) groups excluding carboxylic acids is 1. The lowest BCUT2D eigenvalue weighted by Crippen LogP contribution is -2.51. The molecule has 1 aromatic carbocycles. The van der Waals surface area contributed by atoms with Crippen LogP contribution in [0.25, 0.3) is 0 Å². The number of nitrogens with zero attached hydrogens (tertiary/aromatic N) is 2. The molecule has 146 valence electrons. The average molecular weight is 373 g/mol. The summed E-state index contributed by atoms with van der Waals surface area (Å²) in [7, 11) is 0. The van der Waals surface area contributed by atoms with Gasteiger partial charge >= 0.3 is 12.3 Å². The molecule has 26 heavy (non-hydrogen) atoms. The van der Waals surface area contributed by atoms with E-state index in [0.717, 1.165) is 12.1 Å². The van der Waals surface area contributed by atoms with Crippen molar-refractivity contribution < 1.29 is 22.7 Å². The number of alkyl halides is 3. The Hall–Kier alpha value is -1.80. The molecule has 0 aromatic heterocycles. The van der Waals surface area contributed by atoms with E-state index in [1.807, 2.05) is 20.8 Å². The van der Waals surface area contributed by atoms with E-state index in [2.05, 4.69) is 4.90 Å². The van der Waals surface area contributed by atoms with Gasteiger partial charge in [0.1, 0.15) is 5.60 Å². The first kappa shape index (κ1) is 20.5. The predicted molar refractivity (Wildman–Crippen MR) is 92.6 cm³/mol. The molecule has 1 aliphatic rings. The fourth-order valence-corrected chi connectivity index (χ4v) is 2.74. The average Bonchev–Trinajstić information content (AvgIpc) is 2.53. The number of rotatable bonds is 3. The van der Waals surface area contributed by atoms with Crippen molar-refractivity contribution in [2.45, 2.75) is 38.6 Å². The fraction of sp³-hybridized carbons (Fsp3) is 0.611. The SMILES string of the molecule is CC(C)(C)OC(=O)N1CCN(CC(N)c2ccc(C(F)(F)F)cc2)CC1. The number of hydrogen-bond donors (Lipinski definition) is 1. The second-order valence-corrected chi connectivity index (χ2v) is 7.49. The summed E-state index contributed by atoms with van der Waals surface area (Å²) in [5.41, 5.74) is 5.58. The van der Waals surface area contributed by atoms with Crippen molar-refractivity contribution in [3.63, 3.8) is 0 Å². The van der Waals surface area contributed by atoms with Crippen molar-refractivity contribution in [1.82, 2.24) is 9.80 Å². The van der Waals surface area contributed by atoms with Gasteiger partial charge in [0, 0.05) is 38.8 Å². The summed E-state index contributed by atoms with van der Waals surface area (Å²) in [4.78, 5) is 15.8. The van der Waals surface area contributed by atoms with Gasteiger partial charge in [-0.1, -0.05) is 12.1 Å². The molecule has 0 saturated carbocycles. The molecule has 5 nitrogen and oxygen atoms in total. The highest BCUT2D eigenvalue weighted by Gasteiger charge is 2.30. The number of hydrogen-bond acceptors (Lipinski definition) is 4. The molecule has 2 rings (SSSR count). The third-order valence-electron chi connectivity index (χ3n) is 4.15. The first-order chi connectivity index (χ1) is 12.0. The summed E-state index contributed by atoms with van der Waals surface area (Å²) in [6.07, 6.45) is -4.68. The molecule has 0 bridgehead atoms. The molecule has 0 aliphatic carbocycles. The van der Waals surface area contributed by atoms with E-state index in [9.17, 15) is 18.0 Å². The van der Waals surface area contributed by atoms with Crippen LogP contribution < -0.4 is 5.73 Å². The Morgan fingerprint density at radius 3 is 2.12 bits per heavy atom. The third-order valence-corrected chi connectivity index (χ3v) is 4.15. The predicted octanol–water partition coefficient (Wildman–Crippen LogP) is 3.26. The largest absolute Gasteiger partial charge is 0.444 e. The van der Waals surface area contributed by atoms with Crippen molar-refractivity contribution >= 4 is 6.09 Å². The van der Waals surface area contributed by atoms with Crippen LogP contribution in [0.15, 0.2) is 24.3 Å². The molecule has 1 fully saturated rings. The summed E-state index contributed by atoms with van der Waals surface area (Å²) in [5, 5.41) is 0. The van der Waals surface area contributed by atoms with Crippen molar-refractivity contribution in [3.8, 4) is 0 Å². The number of carbonyl (C=O) groups is 1. The molecule has 1 unspecified atom stereocenters. The van der Waals surface area contributed by atoms with Crippen LogP contribution in [0.3, 0.4) is 0 Å². The highest BCUT2D eigenvalue weighted by atomic mass is 19.4. The van der Waals surface area contributed by atoms with Crippen LogP contribution in [0.1, 0.15) is 37.9 Å². The molecule has 8 heteroatoms. The van der Waals surface area contributed by atoms with E-state index < -0.39 is 17.3 Å². The minimum Gasteiger partial charge on any atom is -0.444 e. The lowest BCUT2D eigenvalue weighted by molar-refractivity contribution is -0.137. The molecule has 1 aromatic rings. The summed E-state index contributed by atoms with van der Waals surface area (Å²) < 4.78 is 43.2. The molecule has 1 aliphatic heterocycles. The fourth-order valence-electron chi connectivity index (χ4n) is 2.74. The summed E-state index contributed by atoms with van der Waals surface area (Å²) in [5.74, 6) is 0. The number of benzene rings is 1.